The van der Waals surface area contributed by atoms with Crippen molar-refractivity contribution < 1.29 is 32.3 Å². The van der Waals surface area contributed by atoms with E-state index in [1.54, 1.807) is 11.8 Å². The fraction of sp³-hybridized carbons (Fsp3) is 0.542. The third kappa shape index (κ3) is 4.95. The molecule has 0 bridgehead atoms. The van der Waals surface area contributed by atoms with Gasteiger partial charge in [0, 0.05) is 18.5 Å². The third-order valence-corrected chi connectivity index (χ3v) is 7.19. The van der Waals surface area contributed by atoms with Crippen molar-refractivity contribution in [3.63, 3.8) is 0 Å². The maximum absolute atomic E-state index is 13.6. The lowest BCUT2D eigenvalue weighted by atomic mass is 9.71. The van der Waals surface area contributed by atoms with E-state index in [4.69, 9.17) is 0 Å². The first-order valence-electron chi connectivity index (χ1n) is 11.4. The second-order valence-corrected chi connectivity index (χ2v) is 9.63. The lowest BCUT2D eigenvalue weighted by Gasteiger charge is -2.35. The Morgan fingerprint density at radius 1 is 1.18 bits per heavy atom. The number of hydrogen-bond donors (Lipinski definition) is 1. The molecule has 2 aliphatic rings. The van der Waals surface area contributed by atoms with Crippen molar-refractivity contribution in [3.05, 3.63) is 52.6 Å². The average molecular weight is 481 g/mol. The first-order valence-corrected chi connectivity index (χ1v) is 11.4. The summed E-state index contributed by atoms with van der Waals surface area (Å²) in [5.41, 5.74) is -0.642. The first kappa shape index (κ1) is 24.2. The number of carbonyl (C=O) groups is 2. The van der Waals surface area contributed by atoms with E-state index in [1.807, 2.05) is 0 Å². The zero-order valence-electron chi connectivity index (χ0n) is 18.9. The summed E-state index contributed by atoms with van der Waals surface area (Å²) in [4.78, 5) is 26.0. The molecule has 184 valence electrons. The van der Waals surface area contributed by atoms with Gasteiger partial charge >= 0.3 is 12.1 Å². The molecule has 2 aromatic rings. The summed E-state index contributed by atoms with van der Waals surface area (Å²) in [5.74, 6) is -1.34. The van der Waals surface area contributed by atoms with Gasteiger partial charge in [-0.1, -0.05) is 12.1 Å². The Bertz CT molecular complexity index is 1070. The lowest BCUT2D eigenvalue weighted by molar-refractivity contribution is -0.150. The predicted molar refractivity (Wildman–Crippen MR) is 114 cm³/mol. The van der Waals surface area contributed by atoms with E-state index in [0.29, 0.717) is 36.9 Å². The number of nitrogens with zero attached hydrogens (tertiary/aromatic N) is 3. The molecular formula is C24H27F4N3O3. The van der Waals surface area contributed by atoms with Crippen LogP contribution < -0.4 is 0 Å². The quantitative estimate of drug-likeness (QED) is 0.631. The van der Waals surface area contributed by atoms with Crippen LogP contribution in [-0.2, 0) is 35.3 Å². The minimum Gasteiger partial charge on any atom is -0.481 e. The molecule has 1 aliphatic carbocycles. The second-order valence-electron chi connectivity index (χ2n) is 9.63. The van der Waals surface area contributed by atoms with Crippen LogP contribution in [0.15, 0.2) is 24.3 Å². The summed E-state index contributed by atoms with van der Waals surface area (Å²) < 4.78 is 55.3. The molecule has 4 rings (SSSR count). The summed E-state index contributed by atoms with van der Waals surface area (Å²) >= 11 is 0. The molecule has 1 amide bonds. The maximum Gasteiger partial charge on any atom is 0.435 e. The number of carboxylic acids is 1. The zero-order valence-corrected chi connectivity index (χ0v) is 18.9. The van der Waals surface area contributed by atoms with Crippen LogP contribution in [0, 0.1) is 17.2 Å². The van der Waals surface area contributed by atoms with E-state index in [1.165, 1.54) is 28.9 Å². The third-order valence-electron chi connectivity index (χ3n) is 7.19. The number of carboxylic acid groups (broad SMARTS) is 1. The standard InChI is InChI=1S/C24H27F4N3O3/c1-23(22(33)34)9-6-15(7-10-23)12-20(32)30-11-8-18-19(14-30)31(29-21(18)24(26,27)28)13-16-2-4-17(25)5-3-16/h2-5,15H,6-14H2,1H3,(H,33,34)/t15-,23+. The van der Waals surface area contributed by atoms with Crippen LogP contribution in [0.2, 0.25) is 0 Å². The van der Waals surface area contributed by atoms with Crippen molar-refractivity contribution in [2.75, 3.05) is 6.54 Å². The number of rotatable bonds is 5. The van der Waals surface area contributed by atoms with Gasteiger partial charge in [-0.25, -0.2) is 4.39 Å². The Balaban J connectivity index is 1.49. The Labute approximate surface area is 194 Å². The second kappa shape index (κ2) is 9.03. The number of aromatic nitrogens is 2. The normalized spacial score (nSPS) is 23.0. The van der Waals surface area contributed by atoms with Gasteiger partial charge in [0.05, 0.1) is 24.2 Å². The number of hydrogen-bond acceptors (Lipinski definition) is 3. The first-order chi connectivity index (χ1) is 16.0. The summed E-state index contributed by atoms with van der Waals surface area (Å²) in [6.07, 6.45) is -2.02. The van der Waals surface area contributed by atoms with Gasteiger partial charge in [0.2, 0.25) is 5.91 Å². The number of alkyl halides is 3. The summed E-state index contributed by atoms with van der Waals surface area (Å²) in [6, 6.07) is 5.48. The molecule has 1 N–H and O–H groups in total. The molecule has 0 saturated heterocycles. The molecule has 0 unspecified atom stereocenters. The van der Waals surface area contributed by atoms with Crippen molar-refractivity contribution in [1.29, 1.82) is 0 Å². The van der Waals surface area contributed by atoms with E-state index in [0.717, 1.165) is 0 Å². The number of carbonyl (C=O) groups excluding carboxylic acids is 1. The minimum absolute atomic E-state index is 0.0258. The molecular weight excluding hydrogens is 454 g/mol. The van der Waals surface area contributed by atoms with Gasteiger partial charge in [-0.15, -0.1) is 0 Å². The van der Waals surface area contributed by atoms with Crippen LogP contribution in [0.3, 0.4) is 0 Å². The van der Waals surface area contributed by atoms with Gasteiger partial charge in [0.1, 0.15) is 5.82 Å². The number of benzene rings is 1. The van der Waals surface area contributed by atoms with E-state index in [2.05, 4.69) is 5.10 Å². The van der Waals surface area contributed by atoms with Crippen LogP contribution in [0.4, 0.5) is 17.6 Å². The Kier molecular flexibility index (Phi) is 6.44. The topological polar surface area (TPSA) is 75.4 Å². The maximum atomic E-state index is 13.6. The average Bonchev–Trinajstić information content (AvgIpc) is 3.15. The van der Waals surface area contributed by atoms with Gasteiger partial charge in [-0.2, -0.15) is 18.3 Å². The molecule has 1 aliphatic heterocycles. The van der Waals surface area contributed by atoms with Crippen LogP contribution in [-0.4, -0.2) is 38.2 Å². The van der Waals surface area contributed by atoms with Gasteiger partial charge in [-0.3, -0.25) is 14.3 Å². The summed E-state index contributed by atoms with van der Waals surface area (Å²) in [6.45, 7) is 1.96. The van der Waals surface area contributed by atoms with Crippen molar-refractivity contribution in [1.82, 2.24) is 14.7 Å². The van der Waals surface area contributed by atoms with Crippen LogP contribution >= 0.6 is 0 Å². The molecule has 1 aromatic carbocycles. The van der Waals surface area contributed by atoms with Gasteiger partial charge in [0.25, 0.3) is 0 Å². The highest BCUT2D eigenvalue weighted by atomic mass is 19.4. The van der Waals surface area contributed by atoms with E-state index >= 15 is 0 Å². The number of halogens is 4. The predicted octanol–water partition coefficient (Wildman–Crippen LogP) is 4.65. The Hall–Kier alpha value is -2.91. The Morgan fingerprint density at radius 2 is 1.82 bits per heavy atom. The molecule has 2 heterocycles. The van der Waals surface area contributed by atoms with E-state index < -0.39 is 29.1 Å². The summed E-state index contributed by atoms with van der Waals surface area (Å²) in [5, 5.41) is 13.2. The van der Waals surface area contributed by atoms with Gasteiger partial charge in [0.15, 0.2) is 5.69 Å². The monoisotopic (exact) mass is 481 g/mol. The fourth-order valence-corrected chi connectivity index (χ4v) is 4.92. The van der Waals surface area contributed by atoms with Crippen molar-refractivity contribution in [2.24, 2.45) is 11.3 Å². The van der Waals surface area contributed by atoms with E-state index in [9.17, 15) is 32.3 Å². The largest absolute Gasteiger partial charge is 0.481 e. The van der Waals surface area contributed by atoms with E-state index in [-0.39, 0.29) is 49.9 Å². The highest BCUT2D eigenvalue weighted by molar-refractivity contribution is 5.77. The highest BCUT2D eigenvalue weighted by Crippen LogP contribution is 2.40. The zero-order chi connectivity index (χ0) is 24.7. The molecule has 34 heavy (non-hydrogen) atoms. The summed E-state index contributed by atoms with van der Waals surface area (Å²) in [7, 11) is 0. The van der Waals surface area contributed by atoms with Gasteiger partial charge in [-0.05, 0) is 62.6 Å². The molecule has 1 fully saturated rings. The molecule has 1 aromatic heterocycles. The van der Waals surface area contributed by atoms with Crippen LogP contribution in [0.1, 0.15) is 61.5 Å². The number of aliphatic carboxylic acids is 1. The molecule has 0 atom stereocenters. The van der Waals surface area contributed by atoms with Gasteiger partial charge < -0.3 is 10.0 Å². The van der Waals surface area contributed by atoms with Crippen molar-refractivity contribution >= 4 is 11.9 Å². The molecule has 10 heteroatoms. The molecule has 0 spiro atoms. The minimum atomic E-state index is -4.61. The lowest BCUT2D eigenvalue weighted by Crippen LogP contribution is -2.39. The molecule has 1 saturated carbocycles. The number of fused-ring (bicyclic) bond motifs is 1. The molecule has 6 nitrogen and oxygen atoms in total. The SMILES string of the molecule is C[C@]1(C(=O)O)CC[C@@H](CC(=O)N2CCc3c(C(F)(F)F)nn(Cc4ccc(F)cc4)c3C2)CC1. The van der Waals surface area contributed by atoms with Crippen LogP contribution in [0.25, 0.3) is 0 Å². The smallest absolute Gasteiger partial charge is 0.435 e. The number of amides is 1. The highest BCUT2D eigenvalue weighted by Gasteiger charge is 2.42. The Morgan fingerprint density at radius 3 is 2.41 bits per heavy atom. The van der Waals surface area contributed by atoms with Crippen molar-refractivity contribution in [2.45, 2.75) is 64.7 Å². The van der Waals surface area contributed by atoms with Crippen molar-refractivity contribution in [3.8, 4) is 0 Å². The van der Waals surface area contributed by atoms with Crippen LogP contribution in [0.5, 0.6) is 0 Å². The molecule has 0 radical (unpaired) electrons. The fourth-order valence-electron chi connectivity index (χ4n) is 4.92.